The molecule has 0 bridgehead atoms. The van der Waals surface area contributed by atoms with Crippen molar-refractivity contribution in [2.45, 2.75) is 6.92 Å². The molecule has 0 aliphatic carbocycles. The van der Waals surface area contributed by atoms with Crippen LogP contribution in [0.2, 0.25) is 0 Å². The molecule has 1 aromatic rings. The molecule has 1 rings (SSSR count). The van der Waals surface area contributed by atoms with Crippen molar-refractivity contribution in [1.82, 2.24) is 0 Å². The Balaban J connectivity index is 2.88. The van der Waals surface area contributed by atoms with E-state index in [4.69, 9.17) is 9.84 Å². The second-order valence-electron chi connectivity index (χ2n) is 3.39. The van der Waals surface area contributed by atoms with Gasteiger partial charge in [0.25, 0.3) is 0 Å². The molecule has 6 heteroatoms. The Morgan fingerprint density at radius 2 is 2.12 bits per heavy atom. The molecule has 1 unspecified atom stereocenters. The third kappa shape index (κ3) is 3.17. The minimum atomic E-state index is -1.23. The van der Waals surface area contributed by atoms with Gasteiger partial charge in [-0.3, -0.25) is 9.59 Å². The van der Waals surface area contributed by atoms with Crippen molar-refractivity contribution >= 4 is 17.6 Å². The third-order valence-electron chi connectivity index (χ3n) is 2.19. The summed E-state index contributed by atoms with van der Waals surface area (Å²) in [5.74, 6) is -3.49. The first-order chi connectivity index (χ1) is 7.95. The summed E-state index contributed by atoms with van der Waals surface area (Å²) in [5, 5.41) is 11.0. The Hall–Kier alpha value is -2.11. The van der Waals surface area contributed by atoms with Gasteiger partial charge in [-0.05, 0) is 19.1 Å². The molecule has 0 radical (unpaired) electrons. The molecule has 1 atom stereocenters. The van der Waals surface area contributed by atoms with Gasteiger partial charge in [-0.1, -0.05) is 0 Å². The van der Waals surface area contributed by atoms with Gasteiger partial charge in [0, 0.05) is 6.07 Å². The first-order valence-electron chi connectivity index (χ1n) is 4.83. The molecule has 0 saturated carbocycles. The summed E-state index contributed by atoms with van der Waals surface area (Å²) in [6, 6.07) is 3.55. The van der Waals surface area contributed by atoms with Crippen molar-refractivity contribution in [2.75, 3.05) is 12.4 Å². The molecule has 2 N–H and O–H groups in total. The number of anilines is 1. The van der Waals surface area contributed by atoms with Gasteiger partial charge in [0.2, 0.25) is 5.91 Å². The number of nitrogens with one attached hydrogen (secondary N) is 1. The predicted octanol–water partition coefficient (Wildman–Crippen LogP) is 1.49. The summed E-state index contributed by atoms with van der Waals surface area (Å²) in [5.41, 5.74) is 0.229. The lowest BCUT2D eigenvalue weighted by Gasteiger charge is -2.11. The minimum absolute atomic E-state index is 0.135. The number of carboxylic acids is 1. The third-order valence-corrected chi connectivity index (χ3v) is 2.19. The lowest BCUT2D eigenvalue weighted by molar-refractivity contribution is -0.144. The van der Waals surface area contributed by atoms with Crippen molar-refractivity contribution in [2.24, 2.45) is 5.92 Å². The molecular weight excluding hydrogens is 229 g/mol. The first-order valence-corrected chi connectivity index (χ1v) is 4.83. The molecule has 0 saturated heterocycles. The molecule has 0 aliphatic heterocycles. The number of hydrogen-bond acceptors (Lipinski definition) is 3. The topological polar surface area (TPSA) is 75.6 Å². The largest absolute Gasteiger partial charge is 0.494 e. The number of benzene rings is 1. The van der Waals surface area contributed by atoms with Crippen molar-refractivity contribution < 1.29 is 23.8 Å². The van der Waals surface area contributed by atoms with Crippen molar-refractivity contribution in [3.05, 3.63) is 24.0 Å². The lowest BCUT2D eigenvalue weighted by Crippen LogP contribution is -2.27. The van der Waals surface area contributed by atoms with E-state index in [0.717, 1.165) is 12.1 Å². The fourth-order valence-corrected chi connectivity index (χ4v) is 1.12. The summed E-state index contributed by atoms with van der Waals surface area (Å²) in [7, 11) is 1.32. The second-order valence-corrected chi connectivity index (χ2v) is 3.39. The number of halogens is 1. The second kappa shape index (κ2) is 5.29. The molecule has 1 aromatic carbocycles. The van der Waals surface area contributed by atoms with Gasteiger partial charge in [0.15, 0.2) is 0 Å². The smallest absolute Gasteiger partial charge is 0.315 e. The maximum Gasteiger partial charge on any atom is 0.315 e. The van der Waals surface area contributed by atoms with E-state index in [1.807, 2.05) is 0 Å². The monoisotopic (exact) mass is 241 g/mol. The standard InChI is InChI=1S/C11H12FNO4/c1-6(11(15)16)10(14)13-8-4-3-7(12)5-9(8)17-2/h3-6H,1-2H3,(H,13,14)(H,15,16). The van der Waals surface area contributed by atoms with Crippen LogP contribution in [0, 0.1) is 11.7 Å². The van der Waals surface area contributed by atoms with E-state index in [9.17, 15) is 14.0 Å². The predicted molar refractivity (Wildman–Crippen MR) is 58.4 cm³/mol. The van der Waals surface area contributed by atoms with E-state index in [1.165, 1.54) is 20.1 Å². The highest BCUT2D eigenvalue weighted by atomic mass is 19.1. The molecule has 0 fully saturated rings. The van der Waals surface area contributed by atoms with Crippen molar-refractivity contribution in [1.29, 1.82) is 0 Å². The number of methoxy groups -OCH3 is 1. The van der Waals surface area contributed by atoms with E-state index in [1.54, 1.807) is 0 Å². The molecule has 1 amide bonds. The van der Waals surface area contributed by atoms with Crippen LogP contribution in [0.5, 0.6) is 5.75 Å². The van der Waals surface area contributed by atoms with Crippen LogP contribution >= 0.6 is 0 Å². The van der Waals surface area contributed by atoms with Crippen molar-refractivity contribution in [3.8, 4) is 5.75 Å². The molecule has 5 nitrogen and oxygen atoms in total. The number of carbonyl (C=O) groups excluding carboxylic acids is 1. The van der Waals surface area contributed by atoms with Crippen LogP contribution in [-0.4, -0.2) is 24.1 Å². The molecule has 92 valence electrons. The molecule has 0 aromatic heterocycles. The Kier molecular flexibility index (Phi) is 4.03. The zero-order valence-electron chi connectivity index (χ0n) is 9.36. The molecule has 0 heterocycles. The van der Waals surface area contributed by atoms with Crippen LogP contribution in [-0.2, 0) is 9.59 Å². The van der Waals surface area contributed by atoms with Gasteiger partial charge in [-0.25, -0.2) is 4.39 Å². The van der Waals surface area contributed by atoms with E-state index in [0.29, 0.717) is 0 Å². The zero-order valence-corrected chi connectivity index (χ0v) is 9.36. The highest BCUT2D eigenvalue weighted by Crippen LogP contribution is 2.25. The normalized spacial score (nSPS) is 11.7. The quantitative estimate of drug-likeness (QED) is 0.783. The summed E-state index contributed by atoms with van der Waals surface area (Å²) in [6.45, 7) is 1.26. The van der Waals surface area contributed by atoms with Gasteiger partial charge >= 0.3 is 5.97 Å². The fraction of sp³-hybridized carbons (Fsp3) is 0.273. The van der Waals surface area contributed by atoms with E-state index in [2.05, 4.69) is 5.32 Å². The maximum absolute atomic E-state index is 12.9. The SMILES string of the molecule is COc1cc(F)ccc1NC(=O)C(C)C(=O)O. The van der Waals surface area contributed by atoms with E-state index < -0.39 is 23.6 Å². The number of rotatable bonds is 4. The van der Waals surface area contributed by atoms with E-state index in [-0.39, 0.29) is 11.4 Å². The number of carbonyl (C=O) groups is 2. The van der Waals surface area contributed by atoms with Gasteiger partial charge in [-0.2, -0.15) is 0 Å². The zero-order chi connectivity index (χ0) is 13.0. The van der Waals surface area contributed by atoms with Crippen LogP contribution < -0.4 is 10.1 Å². The Morgan fingerprint density at radius 1 is 1.47 bits per heavy atom. The minimum Gasteiger partial charge on any atom is -0.494 e. The first kappa shape index (κ1) is 13.0. The number of amides is 1. The Morgan fingerprint density at radius 3 is 2.65 bits per heavy atom. The van der Waals surface area contributed by atoms with Gasteiger partial charge in [0.05, 0.1) is 12.8 Å². The van der Waals surface area contributed by atoms with Crippen molar-refractivity contribution in [3.63, 3.8) is 0 Å². The highest BCUT2D eigenvalue weighted by Gasteiger charge is 2.21. The van der Waals surface area contributed by atoms with Crippen LogP contribution in [0.3, 0.4) is 0 Å². The summed E-state index contributed by atoms with van der Waals surface area (Å²) in [6.07, 6.45) is 0. The van der Waals surface area contributed by atoms with Crippen LogP contribution in [0.25, 0.3) is 0 Å². The summed E-state index contributed by atoms with van der Waals surface area (Å²) >= 11 is 0. The van der Waals surface area contributed by atoms with Crippen LogP contribution in [0.4, 0.5) is 10.1 Å². The Labute approximate surface area is 97.2 Å². The summed E-state index contributed by atoms with van der Waals surface area (Å²) in [4.78, 5) is 22.1. The maximum atomic E-state index is 12.9. The molecule has 17 heavy (non-hydrogen) atoms. The molecule has 0 aliphatic rings. The van der Waals surface area contributed by atoms with Gasteiger partial charge in [-0.15, -0.1) is 0 Å². The molecule has 0 spiro atoms. The molecular formula is C11H12FNO4. The number of aliphatic carboxylic acids is 1. The fourth-order valence-electron chi connectivity index (χ4n) is 1.12. The number of ether oxygens (including phenoxy) is 1. The van der Waals surface area contributed by atoms with E-state index >= 15 is 0 Å². The van der Waals surface area contributed by atoms with Crippen LogP contribution in [0.15, 0.2) is 18.2 Å². The lowest BCUT2D eigenvalue weighted by atomic mass is 10.1. The van der Waals surface area contributed by atoms with Gasteiger partial charge < -0.3 is 15.2 Å². The van der Waals surface area contributed by atoms with Crippen LogP contribution in [0.1, 0.15) is 6.92 Å². The van der Waals surface area contributed by atoms with Gasteiger partial charge in [0.1, 0.15) is 17.5 Å². The number of carboxylic acid groups (broad SMARTS) is 1. The average Bonchev–Trinajstić information content (AvgIpc) is 2.30. The average molecular weight is 241 g/mol. The summed E-state index contributed by atoms with van der Waals surface area (Å²) < 4.78 is 17.7. The highest BCUT2D eigenvalue weighted by molar-refractivity contribution is 6.04. The number of hydrogen-bond donors (Lipinski definition) is 2. The Bertz CT molecular complexity index is 447.